The Morgan fingerprint density at radius 2 is 1.40 bits per heavy atom. The van der Waals surface area contributed by atoms with E-state index < -0.39 is 16.5 Å². The van der Waals surface area contributed by atoms with Crippen LogP contribution in [0.4, 0.5) is 0 Å². The first-order valence-electron chi connectivity index (χ1n) is 10.7. The van der Waals surface area contributed by atoms with Gasteiger partial charge < -0.3 is 28.4 Å². The molecule has 0 bridgehead atoms. The summed E-state index contributed by atoms with van der Waals surface area (Å²) in [7, 11) is 1.67. The van der Waals surface area contributed by atoms with Gasteiger partial charge in [0.1, 0.15) is 12.7 Å². The first kappa shape index (κ1) is 27.6. The van der Waals surface area contributed by atoms with Crippen LogP contribution in [0, 0.1) is 3.57 Å². The molecule has 0 saturated carbocycles. The molecule has 0 amide bonds. The normalized spacial score (nSPS) is 18.7. The van der Waals surface area contributed by atoms with Gasteiger partial charge in [-0.3, -0.25) is 4.55 Å². The topological polar surface area (TPSA) is 119 Å². The molecule has 1 aliphatic rings. The fourth-order valence-electron chi connectivity index (χ4n) is 3.92. The highest BCUT2D eigenvalue weighted by atomic mass is 127. The molecule has 3 rings (SSSR count). The SMILES string of the molecule is COc1cc(C2CCC(c3cc(OC)c(OC)c(OC)c3)O2)cc(I)c1OCC(C)OS(=O)(=O)O. The van der Waals surface area contributed by atoms with Gasteiger partial charge in [-0.25, -0.2) is 4.18 Å². The molecule has 1 N–H and O–H groups in total. The lowest BCUT2D eigenvalue weighted by molar-refractivity contribution is 0.0436. The molecule has 35 heavy (non-hydrogen) atoms. The summed E-state index contributed by atoms with van der Waals surface area (Å²) in [6, 6.07) is 7.57. The second-order valence-corrected chi connectivity index (χ2v) is 10.0. The summed E-state index contributed by atoms with van der Waals surface area (Å²) in [6.07, 6.45) is 0.372. The predicted octanol–water partition coefficient (Wildman–Crippen LogP) is 4.51. The maximum absolute atomic E-state index is 10.9. The zero-order chi connectivity index (χ0) is 25.8. The van der Waals surface area contributed by atoms with Crippen molar-refractivity contribution in [3.05, 3.63) is 39.0 Å². The number of benzene rings is 2. The van der Waals surface area contributed by atoms with E-state index in [1.54, 1.807) is 21.3 Å². The smallest absolute Gasteiger partial charge is 0.397 e. The molecule has 1 fully saturated rings. The van der Waals surface area contributed by atoms with E-state index in [0.717, 1.165) is 27.5 Å². The van der Waals surface area contributed by atoms with Crippen LogP contribution in [0.25, 0.3) is 0 Å². The largest absolute Gasteiger partial charge is 0.493 e. The molecule has 194 valence electrons. The standard InChI is InChI=1S/C23H29IO10S/c1-13(34-35(25,26)27)12-32-22-16(24)8-14(9-19(22)28-2)17-6-7-18(33-17)15-10-20(29-3)23(31-5)21(11-15)30-4/h8-11,13,17-18H,6-7,12H2,1-5H3,(H,25,26,27). The molecule has 1 saturated heterocycles. The molecule has 1 heterocycles. The van der Waals surface area contributed by atoms with Crippen LogP contribution in [0.15, 0.2) is 24.3 Å². The zero-order valence-electron chi connectivity index (χ0n) is 20.1. The monoisotopic (exact) mass is 624 g/mol. The maximum atomic E-state index is 10.9. The third kappa shape index (κ3) is 6.82. The summed E-state index contributed by atoms with van der Waals surface area (Å²) < 4.78 is 69.8. The van der Waals surface area contributed by atoms with Crippen molar-refractivity contribution in [2.45, 2.75) is 38.1 Å². The lowest BCUT2D eigenvalue weighted by Gasteiger charge is -2.20. The summed E-state index contributed by atoms with van der Waals surface area (Å²) in [6.45, 7) is 1.37. The van der Waals surface area contributed by atoms with Crippen LogP contribution in [-0.2, 0) is 19.3 Å². The average molecular weight is 624 g/mol. The van der Waals surface area contributed by atoms with Crippen molar-refractivity contribution in [1.29, 1.82) is 0 Å². The third-order valence-electron chi connectivity index (χ3n) is 5.45. The van der Waals surface area contributed by atoms with Gasteiger partial charge in [-0.15, -0.1) is 0 Å². The number of hydrogen-bond acceptors (Lipinski definition) is 9. The number of halogens is 1. The minimum absolute atomic E-state index is 0.103. The molecule has 0 radical (unpaired) electrons. The van der Waals surface area contributed by atoms with Gasteiger partial charge in [0.25, 0.3) is 0 Å². The van der Waals surface area contributed by atoms with Crippen molar-refractivity contribution >= 4 is 33.0 Å². The van der Waals surface area contributed by atoms with Crippen LogP contribution in [0.5, 0.6) is 28.7 Å². The summed E-state index contributed by atoms with van der Waals surface area (Å²) in [4.78, 5) is 0. The van der Waals surface area contributed by atoms with Crippen molar-refractivity contribution in [3.63, 3.8) is 0 Å². The molecule has 10 nitrogen and oxygen atoms in total. The van der Waals surface area contributed by atoms with Gasteiger partial charge in [0.05, 0.1) is 44.2 Å². The molecular weight excluding hydrogens is 595 g/mol. The van der Waals surface area contributed by atoms with Crippen molar-refractivity contribution in [2.24, 2.45) is 0 Å². The van der Waals surface area contributed by atoms with Crippen LogP contribution >= 0.6 is 22.6 Å². The summed E-state index contributed by atoms with van der Waals surface area (Å²) in [5.74, 6) is 2.59. The molecule has 1 aliphatic heterocycles. The van der Waals surface area contributed by atoms with Gasteiger partial charge in [0, 0.05) is 0 Å². The molecule has 0 aliphatic carbocycles. The minimum Gasteiger partial charge on any atom is -0.493 e. The van der Waals surface area contributed by atoms with Crippen LogP contribution in [-0.4, -0.2) is 54.1 Å². The third-order valence-corrected chi connectivity index (χ3v) is 6.82. The van der Waals surface area contributed by atoms with Crippen LogP contribution in [0.2, 0.25) is 0 Å². The molecule has 2 aromatic carbocycles. The fourth-order valence-corrected chi connectivity index (χ4v) is 5.17. The highest BCUT2D eigenvalue weighted by Gasteiger charge is 2.31. The molecule has 12 heteroatoms. The zero-order valence-corrected chi connectivity index (χ0v) is 23.0. The Kier molecular flexibility index (Phi) is 9.32. The minimum atomic E-state index is -4.56. The Morgan fingerprint density at radius 3 is 1.86 bits per heavy atom. The highest BCUT2D eigenvalue weighted by Crippen LogP contribution is 2.47. The van der Waals surface area contributed by atoms with Gasteiger partial charge in [-0.05, 0) is 77.7 Å². The van der Waals surface area contributed by atoms with Crippen LogP contribution in [0.1, 0.15) is 43.1 Å². The van der Waals surface area contributed by atoms with Gasteiger partial charge in [-0.2, -0.15) is 8.42 Å². The van der Waals surface area contributed by atoms with E-state index in [9.17, 15) is 8.42 Å². The maximum Gasteiger partial charge on any atom is 0.397 e. The van der Waals surface area contributed by atoms with Crippen molar-refractivity contribution < 1.29 is 45.6 Å². The molecule has 3 atom stereocenters. The Hall–Kier alpha value is -2.00. The second-order valence-electron chi connectivity index (χ2n) is 7.83. The number of ether oxygens (including phenoxy) is 6. The Balaban J connectivity index is 1.78. The highest BCUT2D eigenvalue weighted by molar-refractivity contribution is 14.1. The Morgan fingerprint density at radius 1 is 0.914 bits per heavy atom. The fraction of sp³-hybridized carbons (Fsp3) is 0.478. The first-order chi connectivity index (χ1) is 16.6. The van der Waals surface area contributed by atoms with Crippen LogP contribution < -0.4 is 23.7 Å². The second kappa shape index (κ2) is 11.8. The van der Waals surface area contributed by atoms with Gasteiger partial charge >= 0.3 is 10.4 Å². The lowest BCUT2D eigenvalue weighted by Crippen LogP contribution is -2.22. The van der Waals surface area contributed by atoms with E-state index >= 15 is 0 Å². The van der Waals surface area contributed by atoms with Gasteiger partial charge in [0.2, 0.25) is 5.75 Å². The number of rotatable bonds is 11. The van der Waals surface area contributed by atoms with E-state index in [0.29, 0.717) is 28.7 Å². The summed E-state index contributed by atoms with van der Waals surface area (Å²) in [5.41, 5.74) is 1.85. The molecule has 3 unspecified atom stereocenters. The predicted molar refractivity (Wildman–Crippen MR) is 135 cm³/mol. The molecule has 0 spiro atoms. The van der Waals surface area contributed by atoms with Crippen molar-refractivity contribution in [3.8, 4) is 28.7 Å². The van der Waals surface area contributed by atoms with Gasteiger partial charge in [-0.1, -0.05) is 0 Å². The van der Waals surface area contributed by atoms with E-state index in [4.69, 9.17) is 33.0 Å². The van der Waals surface area contributed by atoms with E-state index in [1.165, 1.54) is 14.0 Å². The number of methoxy groups -OCH3 is 4. The molecular formula is C23H29IO10S. The summed E-state index contributed by atoms with van der Waals surface area (Å²) in [5, 5.41) is 0. The Bertz CT molecular complexity index is 1110. The lowest BCUT2D eigenvalue weighted by atomic mass is 10.0. The summed E-state index contributed by atoms with van der Waals surface area (Å²) >= 11 is 2.12. The molecule has 2 aromatic rings. The van der Waals surface area contributed by atoms with Gasteiger partial charge in [0.15, 0.2) is 23.0 Å². The molecule has 0 aromatic heterocycles. The quantitative estimate of drug-likeness (QED) is 0.283. The first-order valence-corrected chi connectivity index (χ1v) is 13.2. The average Bonchev–Trinajstić information content (AvgIpc) is 3.31. The van der Waals surface area contributed by atoms with E-state index in [1.807, 2.05) is 24.3 Å². The number of hydrogen-bond donors (Lipinski definition) is 1. The van der Waals surface area contributed by atoms with E-state index in [-0.39, 0.29) is 18.8 Å². The van der Waals surface area contributed by atoms with E-state index in [2.05, 4.69) is 26.8 Å². The van der Waals surface area contributed by atoms with Crippen LogP contribution in [0.3, 0.4) is 0 Å². The van der Waals surface area contributed by atoms with Crippen molar-refractivity contribution in [2.75, 3.05) is 35.0 Å². The van der Waals surface area contributed by atoms with Crippen molar-refractivity contribution in [1.82, 2.24) is 0 Å². The Labute approximate surface area is 218 Å².